The van der Waals surface area contributed by atoms with E-state index in [2.05, 4.69) is 0 Å². The Morgan fingerprint density at radius 3 is 2.34 bits per heavy atom. The van der Waals surface area contributed by atoms with Crippen LogP contribution in [0.15, 0.2) is 47.4 Å². The number of nitro benzene ring substituents is 1. The predicted octanol–water partition coefficient (Wildman–Crippen LogP) is 3.39. The molecule has 0 bridgehead atoms. The van der Waals surface area contributed by atoms with Crippen LogP contribution in [0.1, 0.15) is 12.8 Å². The first-order valence-electron chi connectivity index (χ1n) is 8.60. The molecule has 0 unspecified atom stereocenters. The molecule has 3 rings (SSSR count). The number of halogens is 2. The molecule has 1 fully saturated rings. The minimum atomic E-state index is -3.86. The maximum absolute atomic E-state index is 13.3. The summed E-state index contributed by atoms with van der Waals surface area (Å²) in [5, 5.41) is 10.4. The number of non-ortho nitro benzene ring substituents is 1. The first kappa shape index (κ1) is 21.2. The Kier molecular flexibility index (Phi) is 6.15. The third kappa shape index (κ3) is 4.72. The van der Waals surface area contributed by atoms with Crippen LogP contribution in [0.3, 0.4) is 0 Å². The van der Waals surface area contributed by atoms with Crippen molar-refractivity contribution in [3.8, 4) is 5.75 Å². The maximum atomic E-state index is 13.3. The van der Waals surface area contributed by atoms with E-state index in [0.717, 1.165) is 18.2 Å². The Bertz CT molecular complexity index is 1040. The lowest BCUT2D eigenvalue weighted by molar-refractivity contribution is -0.384. The number of sulfonamides is 1. The summed E-state index contributed by atoms with van der Waals surface area (Å²) in [7, 11) is -3.86. The quantitative estimate of drug-likeness (QED) is 0.304. The molecule has 29 heavy (non-hydrogen) atoms. The second-order valence-electron chi connectivity index (χ2n) is 6.43. The van der Waals surface area contributed by atoms with Crippen molar-refractivity contribution in [3.05, 3.63) is 63.4 Å². The highest BCUT2D eigenvalue weighted by atomic mass is 35.5. The van der Waals surface area contributed by atoms with E-state index in [0.29, 0.717) is 0 Å². The van der Waals surface area contributed by atoms with Crippen molar-refractivity contribution in [2.75, 3.05) is 13.1 Å². The lowest BCUT2D eigenvalue weighted by Crippen LogP contribution is -2.41. The molecule has 0 spiro atoms. The van der Waals surface area contributed by atoms with Gasteiger partial charge in [0.25, 0.3) is 5.69 Å². The molecule has 0 atom stereocenters. The van der Waals surface area contributed by atoms with E-state index < -0.39 is 32.7 Å². The Balaban J connectivity index is 1.61. The molecule has 1 saturated heterocycles. The third-order valence-corrected chi connectivity index (χ3v) is 6.77. The van der Waals surface area contributed by atoms with Crippen LogP contribution < -0.4 is 4.74 Å². The number of carbonyl (C=O) groups is 1. The maximum Gasteiger partial charge on any atom is 0.314 e. The van der Waals surface area contributed by atoms with Gasteiger partial charge in [-0.05, 0) is 43.2 Å². The molecule has 1 aliphatic heterocycles. The van der Waals surface area contributed by atoms with Crippen LogP contribution in [-0.2, 0) is 14.8 Å². The van der Waals surface area contributed by atoms with Crippen molar-refractivity contribution in [3.63, 3.8) is 0 Å². The summed E-state index contributed by atoms with van der Waals surface area (Å²) in [6.45, 7) is 0.189. The monoisotopic (exact) mass is 442 g/mol. The second kappa shape index (κ2) is 8.44. The van der Waals surface area contributed by atoms with Crippen molar-refractivity contribution in [1.82, 2.24) is 4.31 Å². The fourth-order valence-corrected chi connectivity index (χ4v) is 4.70. The fraction of sp³-hybridized carbons (Fsp3) is 0.278. The van der Waals surface area contributed by atoms with Crippen molar-refractivity contribution < 1.29 is 27.3 Å². The summed E-state index contributed by atoms with van der Waals surface area (Å²) in [6.07, 6.45) is 0.500. The lowest BCUT2D eigenvalue weighted by atomic mass is 9.98. The highest BCUT2D eigenvalue weighted by molar-refractivity contribution is 7.89. The summed E-state index contributed by atoms with van der Waals surface area (Å²) in [6, 6.07) is 8.30. The highest BCUT2D eigenvalue weighted by Gasteiger charge is 2.33. The van der Waals surface area contributed by atoms with Gasteiger partial charge in [-0.15, -0.1) is 0 Å². The number of ether oxygens (including phenoxy) is 1. The number of nitrogens with zero attached hydrogens (tertiary/aromatic N) is 2. The molecule has 2 aromatic carbocycles. The summed E-state index contributed by atoms with van der Waals surface area (Å²) in [5.41, 5.74) is -0.121. The average molecular weight is 443 g/mol. The van der Waals surface area contributed by atoms with E-state index in [-0.39, 0.29) is 47.3 Å². The standard InChI is InChI=1S/C18H16ClFN2O6S/c19-16-11-15(5-6-17(16)20)29(26,27)21-9-7-12(8-10-21)18(23)28-14-3-1-13(2-4-14)22(24)25/h1-6,11-12H,7-10H2. The smallest absolute Gasteiger partial charge is 0.314 e. The molecule has 11 heteroatoms. The lowest BCUT2D eigenvalue weighted by Gasteiger charge is -2.30. The summed E-state index contributed by atoms with van der Waals surface area (Å²) >= 11 is 5.67. The summed E-state index contributed by atoms with van der Waals surface area (Å²) < 4.78 is 45.1. The zero-order chi connectivity index (χ0) is 21.2. The van der Waals surface area contributed by atoms with Crippen LogP contribution in [0.2, 0.25) is 5.02 Å². The fourth-order valence-electron chi connectivity index (χ4n) is 2.95. The molecule has 2 aromatic rings. The topological polar surface area (TPSA) is 107 Å². The van der Waals surface area contributed by atoms with Crippen molar-refractivity contribution in [2.24, 2.45) is 5.92 Å². The van der Waals surface area contributed by atoms with Gasteiger partial charge in [0.15, 0.2) is 0 Å². The highest BCUT2D eigenvalue weighted by Crippen LogP contribution is 2.27. The number of carbonyl (C=O) groups excluding carboxylic acids is 1. The van der Waals surface area contributed by atoms with Crippen LogP contribution in [0.25, 0.3) is 0 Å². The number of benzene rings is 2. The Hall–Kier alpha value is -2.56. The molecular formula is C18H16ClFN2O6S. The van der Waals surface area contributed by atoms with Gasteiger partial charge in [0, 0.05) is 25.2 Å². The van der Waals surface area contributed by atoms with Crippen LogP contribution in [0.5, 0.6) is 5.75 Å². The van der Waals surface area contributed by atoms with Gasteiger partial charge in [-0.2, -0.15) is 4.31 Å². The number of piperidine rings is 1. The normalized spacial score (nSPS) is 15.8. The number of hydrogen-bond acceptors (Lipinski definition) is 6. The molecule has 0 aromatic heterocycles. The van der Waals surface area contributed by atoms with E-state index in [9.17, 15) is 27.7 Å². The van der Waals surface area contributed by atoms with E-state index in [4.69, 9.17) is 16.3 Å². The molecule has 0 aliphatic carbocycles. The number of esters is 1. The molecule has 1 aliphatic rings. The van der Waals surface area contributed by atoms with E-state index in [1.54, 1.807) is 0 Å². The van der Waals surface area contributed by atoms with Gasteiger partial charge >= 0.3 is 5.97 Å². The van der Waals surface area contributed by atoms with Crippen LogP contribution in [-0.4, -0.2) is 36.7 Å². The zero-order valence-corrected chi connectivity index (χ0v) is 16.5. The minimum Gasteiger partial charge on any atom is -0.426 e. The van der Waals surface area contributed by atoms with Gasteiger partial charge in [-0.1, -0.05) is 11.6 Å². The SMILES string of the molecule is O=C(Oc1ccc([N+](=O)[O-])cc1)C1CCN(S(=O)(=O)c2ccc(F)c(Cl)c2)CC1. The first-order chi connectivity index (χ1) is 13.7. The first-order valence-corrected chi connectivity index (χ1v) is 10.4. The molecule has 0 amide bonds. The number of nitro groups is 1. The minimum absolute atomic E-state index is 0.0946. The molecule has 0 saturated carbocycles. The van der Waals surface area contributed by atoms with E-state index in [1.165, 1.54) is 28.6 Å². The van der Waals surface area contributed by atoms with Gasteiger partial charge < -0.3 is 4.74 Å². The van der Waals surface area contributed by atoms with Crippen LogP contribution in [0.4, 0.5) is 10.1 Å². The Morgan fingerprint density at radius 1 is 1.17 bits per heavy atom. The molecular weight excluding hydrogens is 427 g/mol. The Morgan fingerprint density at radius 2 is 1.79 bits per heavy atom. The van der Waals surface area contributed by atoms with E-state index in [1.807, 2.05) is 0 Å². The number of hydrogen-bond donors (Lipinski definition) is 0. The molecule has 8 nitrogen and oxygen atoms in total. The third-order valence-electron chi connectivity index (χ3n) is 4.58. The van der Waals surface area contributed by atoms with Gasteiger partial charge in [0.05, 0.1) is 20.8 Å². The van der Waals surface area contributed by atoms with Gasteiger partial charge in [0.2, 0.25) is 10.0 Å². The predicted molar refractivity (Wildman–Crippen MR) is 102 cm³/mol. The zero-order valence-electron chi connectivity index (χ0n) is 15.0. The molecule has 1 heterocycles. The van der Waals surface area contributed by atoms with Crippen LogP contribution in [0, 0.1) is 21.8 Å². The van der Waals surface area contributed by atoms with Crippen LogP contribution >= 0.6 is 11.6 Å². The van der Waals surface area contributed by atoms with Crippen molar-refractivity contribution in [1.29, 1.82) is 0 Å². The summed E-state index contributed by atoms with van der Waals surface area (Å²) in [4.78, 5) is 22.3. The van der Waals surface area contributed by atoms with Gasteiger partial charge in [-0.3, -0.25) is 14.9 Å². The molecule has 0 radical (unpaired) electrons. The molecule has 154 valence electrons. The van der Waals surface area contributed by atoms with Crippen molar-refractivity contribution in [2.45, 2.75) is 17.7 Å². The largest absolute Gasteiger partial charge is 0.426 e. The second-order valence-corrected chi connectivity index (χ2v) is 8.77. The average Bonchev–Trinajstić information content (AvgIpc) is 2.70. The van der Waals surface area contributed by atoms with E-state index >= 15 is 0 Å². The number of rotatable bonds is 5. The summed E-state index contributed by atoms with van der Waals surface area (Å²) in [5.74, 6) is -1.57. The molecule has 0 N–H and O–H groups in total. The van der Waals surface area contributed by atoms with Crippen molar-refractivity contribution >= 4 is 33.3 Å². The van der Waals surface area contributed by atoms with Gasteiger partial charge in [-0.25, -0.2) is 12.8 Å². The van der Waals surface area contributed by atoms with Gasteiger partial charge in [0.1, 0.15) is 11.6 Å². The Labute approximate surface area is 171 Å².